The van der Waals surface area contributed by atoms with Crippen molar-refractivity contribution in [3.63, 3.8) is 0 Å². The first kappa shape index (κ1) is 18.0. The van der Waals surface area contributed by atoms with E-state index in [0.29, 0.717) is 37.0 Å². The molecule has 1 aliphatic rings. The summed E-state index contributed by atoms with van der Waals surface area (Å²) in [6, 6.07) is 4.38. The Balaban J connectivity index is 1.84. The van der Waals surface area contributed by atoms with Gasteiger partial charge in [-0.15, -0.1) is 0 Å². The Morgan fingerprint density at radius 2 is 1.96 bits per heavy atom. The highest BCUT2D eigenvalue weighted by atomic mass is 16.6. The molecule has 3 rings (SSSR count). The van der Waals surface area contributed by atoms with Gasteiger partial charge in [-0.05, 0) is 39.7 Å². The van der Waals surface area contributed by atoms with E-state index < -0.39 is 10.5 Å². The molecular formula is C17H22N4O5. The monoisotopic (exact) mass is 362 g/mol. The molecule has 0 saturated carbocycles. The number of non-ortho nitro benzene ring substituents is 1. The van der Waals surface area contributed by atoms with Crippen LogP contribution < -0.4 is 5.69 Å². The van der Waals surface area contributed by atoms with Gasteiger partial charge in [0.2, 0.25) is 0 Å². The van der Waals surface area contributed by atoms with E-state index in [4.69, 9.17) is 4.74 Å². The fourth-order valence-electron chi connectivity index (χ4n) is 3.29. The van der Waals surface area contributed by atoms with Gasteiger partial charge < -0.3 is 14.6 Å². The number of aromatic amines is 1. The zero-order chi connectivity index (χ0) is 19.1. The quantitative estimate of drug-likeness (QED) is 0.652. The molecule has 0 aliphatic carbocycles. The van der Waals surface area contributed by atoms with E-state index >= 15 is 0 Å². The third-order valence-corrected chi connectivity index (χ3v) is 4.39. The summed E-state index contributed by atoms with van der Waals surface area (Å²) < 4.78 is 6.83. The first-order chi connectivity index (χ1) is 12.2. The lowest BCUT2D eigenvalue weighted by atomic mass is 10.0. The van der Waals surface area contributed by atoms with Gasteiger partial charge in [-0.1, -0.05) is 6.07 Å². The molecule has 0 bridgehead atoms. The molecule has 0 unspecified atom stereocenters. The molecule has 1 amide bonds. The first-order valence-corrected chi connectivity index (χ1v) is 8.53. The second-order valence-corrected chi connectivity index (χ2v) is 7.43. The van der Waals surface area contributed by atoms with E-state index in [1.54, 1.807) is 17.0 Å². The number of H-pyrrole nitrogens is 1. The number of ether oxygens (including phenoxy) is 1. The van der Waals surface area contributed by atoms with E-state index in [0.717, 1.165) is 0 Å². The molecule has 2 heterocycles. The number of nitro benzene ring substituents is 1. The minimum absolute atomic E-state index is 0.101. The van der Waals surface area contributed by atoms with E-state index in [1.807, 2.05) is 20.8 Å². The lowest BCUT2D eigenvalue weighted by molar-refractivity contribution is -0.383. The van der Waals surface area contributed by atoms with Crippen LogP contribution >= 0.6 is 0 Å². The number of fused-ring (bicyclic) bond motifs is 1. The number of aromatic nitrogens is 2. The Hall–Kier alpha value is -2.84. The van der Waals surface area contributed by atoms with Crippen LogP contribution in [-0.2, 0) is 4.74 Å². The zero-order valence-electron chi connectivity index (χ0n) is 15.0. The van der Waals surface area contributed by atoms with Crippen molar-refractivity contribution >= 4 is 22.8 Å². The Morgan fingerprint density at radius 1 is 1.31 bits per heavy atom. The number of nitrogens with one attached hydrogen (secondary N) is 1. The molecule has 2 aromatic rings. The minimum Gasteiger partial charge on any atom is -0.444 e. The van der Waals surface area contributed by atoms with E-state index in [-0.39, 0.29) is 23.5 Å². The molecule has 9 nitrogen and oxygen atoms in total. The van der Waals surface area contributed by atoms with Crippen molar-refractivity contribution in [1.82, 2.24) is 14.5 Å². The molecule has 140 valence electrons. The summed E-state index contributed by atoms with van der Waals surface area (Å²) in [5.41, 5.74) is -0.292. The highest BCUT2D eigenvalue weighted by Gasteiger charge is 2.30. The second-order valence-electron chi connectivity index (χ2n) is 7.43. The molecule has 1 saturated heterocycles. The topological polar surface area (TPSA) is 110 Å². The van der Waals surface area contributed by atoms with E-state index in [9.17, 15) is 19.7 Å². The second kappa shape index (κ2) is 6.47. The summed E-state index contributed by atoms with van der Waals surface area (Å²) in [6.07, 6.45) is 0.671. The van der Waals surface area contributed by atoms with Crippen molar-refractivity contribution in [1.29, 1.82) is 0 Å². The number of benzene rings is 1. The highest BCUT2D eigenvalue weighted by molar-refractivity contribution is 5.85. The fourth-order valence-corrected chi connectivity index (χ4v) is 3.29. The summed E-state index contributed by atoms with van der Waals surface area (Å²) in [4.78, 5) is 39.7. The number of imidazole rings is 1. The third kappa shape index (κ3) is 3.42. The normalized spacial score (nSPS) is 16.0. The lowest BCUT2D eigenvalue weighted by Gasteiger charge is -2.33. The Morgan fingerprint density at radius 3 is 2.54 bits per heavy atom. The number of hydrogen-bond donors (Lipinski definition) is 1. The van der Waals surface area contributed by atoms with E-state index in [1.165, 1.54) is 10.6 Å². The van der Waals surface area contributed by atoms with Gasteiger partial charge in [-0.2, -0.15) is 0 Å². The van der Waals surface area contributed by atoms with Crippen LogP contribution in [0.4, 0.5) is 10.5 Å². The van der Waals surface area contributed by atoms with Crippen LogP contribution in [0.3, 0.4) is 0 Å². The maximum Gasteiger partial charge on any atom is 0.410 e. The van der Waals surface area contributed by atoms with Crippen molar-refractivity contribution in [2.24, 2.45) is 0 Å². The first-order valence-electron chi connectivity index (χ1n) is 8.53. The number of nitrogens with zero attached hydrogens (tertiary/aromatic N) is 3. The van der Waals surface area contributed by atoms with Gasteiger partial charge in [0, 0.05) is 25.2 Å². The number of hydrogen-bond acceptors (Lipinski definition) is 5. The number of rotatable bonds is 2. The fraction of sp³-hybridized carbons (Fsp3) is 0.529. The molecule has 1 N–H and O–H groups in total. The molecule has 1 aromatic carbocycles. The number of amides is 1. The SMILES string of the molecule is CC(C)(C)OC(=O)N1CCC(n2c(=O)[nH]c3cccc([N+](=O)[O-])c32)CC1. The number of carbonyl (C=O) groups excluding carboxylic acids is 1. The summed E-state index contributed by atoms with van der Waals surface area (Å²) in [7, 11) is 0. The predicted octanol–water partition coefficient (Wildman–Crippen LogP) is 2.81. The van der Waals surface area contributed by atoms with Crippen molar-refractivity contribution in [2.75, 3.05) is 13.1 Å². The number of nitro groups is 1. The molecule has 1 fully saturated rings. The number of para-hydroxylation sites is 1. The highest BCUT2D eigenvalue weighted by Crippen LogP contribution is 2.30. The standard InChI is InChI=1S/C17H22N4O5/c1-17(2,3)26-16(23)19-9-7-11(8-10-19)20-14-12(18-15(20)22)5-4-6-13(14)21(24)25/h4-6,11H,7-10H2,1-3H3,(H,18,22). The predicted molar refractivity (Wildman–Crippen MR) is 95.3 cm³/mol. The van der Waals surface area contributed by atoms with Crippen LogP contribution in [0.2, 0.25) is 0 Å². The van der Waals surface area contributed by atoms with Gasteiger partial charge in [0.25, 0.3) is 5.69 Å². The molecule has 26 heavy (non-hydrogen) atoms. The van der Waals surface area contributed by atoms with Crippen LogP contribution in [0.1, 0.15) is 39.7 Å². The van der Waals surface area contributed by atoms with Crippen molar-refractivity contribution in [2.45, 2.75) is 45.3 Å². The Kier molecular flexibility index (Phi) is 4.47. The average Bonchev–Trinajstić information content (AvgIpc) is 2.89. The van der Waals surface area contributed by atoms with Crippen LogP contribution in [0.25, 0.3) is 11.0 Å². The van der Waals surface area contributed by atoms with Gasteiger partial charge >= 0.3 is 11.8 Å². The average molecular weight is 362 g/mol. The van der Waals surface area contributed by atoms with Crippen molar-refractivity contribution in [3.8, 4) is 0 Å². The number of likely N-dealkylation sites (tertiary alicyclic amines) is 1. The summed E-state index contributed by atoms with van der Waals surface area (Å²) in [5.74, 6) is 0. The molecule has 1 aromatic heterocycles. The molecule has 9 heteroatoms. The molecular weight excluding hydrogens is 340 g/mol. The van der Waals surface area contributed by atoms with Gasteiger partial charge in [0.05, 0.1) is 10.4 Å². The summed E-state index contributed by atoms with van der Waals surface area (Å²) in [6.45, 7) is 6.28. The Bertz CT molecular complexity index is 900. The third-order valence-electron chi connectivity index (χ3n) is 4.39. The van der Waals surface area contributed by atoms with Crippen LogP contribution in [0, 0.1) is 10.1 Å². The largest absolute Gasteiger partial charge is 0.444 e. The molecule has 0 atom stereocenters. The zero-order valence-corrected chi connectivity index (χ0v) is 15.0. The van der Waals surface area contributed by atoms with Gasteiger partial charge in [-0.3, -0.25) is 14.7 Å². The van der Waals surface area contributed by atoms with Crippen molar-refractivity contribution in [3.05, 3.63) is 38.8 Å². The van der Waals surface area contributed by atoms with Gasteiger partial charge in [-0.25, -0.2) is 9.59 Å². The van der Waals surface area contributed by atoms with Crippen LogP contribution in [-0.4, -0.2) is 44.2 Å². The Labute approximate surface area is 149 Å². The van der Waals surface area contributed by atoms with E-state index in [2.05, 4.69) is 4.98 Å². The van der Waals surface area contributed by atoms with Crippen LogP contribution in [0.5, 0.6) is 0 Å². The van der Waals surface area contributed by atoms with Crippen LogP contribution in [0.15, 0.2) is 23.0 Å². The van der Waals surface area contributed by atoms with Gasteiger partial charge in [0.15, 0.2) is 0 Å². The number of carbonyl (C=O) groups is 1. The smallest absolute Gasteiger partial charge is 0.410 e. The summed E-state index contributed by atoms with van der Waals surface area (Å²) in [5, 5.41) is 11.3. The van der Waals surface area contributed by atoms with Gasteiger partial charge in [0.1, 0.15) is 11.1 Å². The molecule has 1 aliphatic heterocycles. The van der Waals surface area contributed by atoms with Crippen molar-refractivity contribution < 1.29 is 14.5 Å². The maximum absolute atomic E-state index is 12.4. The number of piperidine rings is 1. The maximum atomic E-state index is 12.4. The molecule has 0 radical (unpaired) electrons. The lowest BCUT2D eigenvalue weighted by Crippen LogP contribution is -2.43. The minimum atomic E-state index is -0.567. The summed E-state index contributed by atoms with van der Waals surface area (Å²) >= 11 is 0. The molecule has 0 spiro atoms.